The van der Waals surface area contributed by atoms with E-state index in [0.717, 1.165) is 7.11 Å². The Morgan fingerprint density at radius 3 is 2.21 bits per heavy atom. The van der Waals surface area contributed by atoms with Gasteiger partial charge in [-0.15, -0.1) is 0 Å². The average Bonchev–Trinajstić information content (AvgIpc) is 2.31. The van der Waals surface area contributed by atoms with Crippen LogP contribution in [0.2, 0.25) is 0 Å². The summed E-state index contributed by atoms with van der Waals surface area (Å²) in [6.07, 6.45) is -4.64. The zero-order valence-electron chi connectivity index (χ0n) is 9.97. The van der Waals surface area contributed by atoms with Crippen LogP contribution in [0, 0.1) is 6.92 Å². The summed E-state index contributed by atoms with van der Waals surface area (Å²) in [5.41, 5.74) is -0.962. The monoisotopic (exact) mass is 298 g/mol. The third kappa shape index (κ3) is 6.32. The van der Waals surface area contributed by atoms with Gasteiger partial charge in [-0.25, -0.2) is 4.21 Å². The van der Waals surface area contributed by atoms with Crippen molar-refractivity contribution in [2.75, 3.05) is 7.11 Å². The largest absolute Gasteiger partial charge is 0.750 e. The molecule has 5 nitrogen and oxygen atoms in total. The highest BCUT2D eigenvalue weighted by Crippen LogP contribution is 2.24. The molecule has 0 saturated heterocycles. The predicted octanol–water partition coefficient (Wildman–Crippen LogP) is 2.16. The van der Waals surface area contributed by atoms with E-state index in [-0.39, 0.29) is 5.56 Å². The topological polar surface area (TPSA) is 82.0 Å². The number of alkyl halides is 3. The van der Waals surface area contributed by atoms with Gasteiger partial charge in [-0.1, -0.05) is 29.4 Å². The van der Waals surface area contributed by atoms with Crippen molar-refractivity contribution in [1.29, 1.82) is 0 Å². The molecule has 0 heterocycles. The smallest absolute Gasteiger partial charge is 0.437 e. The molecule has 1 aromatic rings. The molecular weight excluding hydrogens is 287 g/mol. The number of halogens is 3. The number of nitrogens with zero attached hydrogens (tertiary/aromatic N) is 1. The van der Waals surface area contributed by atoms with Crippen LogP contribution < -0.4 is 0 Å². The van der Waals surface area contributed by atoms with E-state index in [4.69, 9.17) is 14.0 Å². The Morgan fingerprint density at radius 2 is 1.89 bits per heavy atom. The van der Waals surface area contributed by atoms with Gasteiger partial charge in [0.05, 0.1) is 18.5 Å². The van der Waals surface area contributed by atoms with Crippen LogP contribution in [0.1, 0.15) is 11.1 Å². The Bertz CT molecular complexity index is 462. The van der Waals surface area contributed by atoms with Crippen molar-refractivity contribution in [2.24, 2.45) is 5.16 Å². The molecule has 19 heavy (non-hydrogen) atoms. The SMILES string of the molecule is COS(=O)[O-].Cc1ccccc1C(=NO)C(F)(F)F. The van der Waals surface area contributed by atoms with Gasteiger partial charge in [0.25, 0.3) is 0 Å². The molecule has 0 spiro atoms. The molecule has 9 heteroatoms. The Balaban J connectivity index is 0.000000555. The second kappa shape index (κ2) is 7.87. The van der Waals surface area contributed by atoms with Crippen LogP contribution in [0.3, 0.4) is 0 Å². The summed E-state index contributed by atoms with van der Waals surface area (Å²) in [6.45, 7) is 1.52. The highest BCUT2D eigenvalue weighted by atomic mass is 32.2. The first-order chi connectivity index (χ1) is 8.73. The van der Waals surface area contributed by atoms with E-state index < -0.39 is 23.2 Å². The van der Waals surface area contributed by atoms with E-state index in [1.807, 2.05) is 0 Å². The standard InChI is InChI=1S/C9H8F3NO.CH4O3S/c1-6-4-2-3-5-7(6)8(13-14)9(10,11)12;1-4-5(2)3/h2-5,14H,1H3;1H3,(H,2,3)/p-1. The van der Waals surface area contributed by atoms with Gasteiger partial charge < -0.3 is 13.9 Å². The number of rotatable bonds is 2. The van der Waals surface area contributed by atoms with Crippen molar-refractivity contribution in [1.82, 2.24) is 0 Å². The summed E-state index contributed by atoms with van der Waals surface area (Å²) >= 11 is -2.32. The molecule has 108 valence electrons. The third-order valence-electron chi connectivity index (χ3n) is 1.90. The maximum atomic E-state index is 12.3. The van der Waals surface area contributed by atoms with Crippen LogP contribution in [-0.2, 0) is 15.5 Å². The quantitative estimate of drug-likeness (QED) is 0.392. The fourth-order valence-electron chi connectivity index (χ4n) is 1.10. The van der Waals surface area contributed by atoms with Crippen LogP contribution in [-0.4, -0.2) is 33.0 Å². The average molecular weight is 298 g/mol. The summed E-state index contributed by atoms with van der Waals surface area (Å²) in [5, 5.41) is 10.6. The van der Waals surface area contributed by atoms with Gasteiger partial charge in [0, 0.05) is 5.56 Å². The molecule has 0 aromatic heterocycles. The predicted molar refractivity (Wildman–Crippen MR) is 61.5 cm³/mol. The minimum Gasteiger partial charge on any atom is -0.750 e. The van der Waals surface area contributed by atoms with E-state index in [0.29, 0.717) is 5.56 Å². The van der Waals surface area contributed by atoms with Gasteiger partial charge in [0.15, 0.2) is 5.71 Å². The first-order valence-corrected chi connectivity index (χ1v) is 5.73. The van der Waals surface area contributed by atoms with Crippen LogP contribution >= 0.6 is 0 Å². The Morgan fingerprint density at radius 1 is 1.42 bits per heavy atom. The zero-order valence-corrected chi connectivity index (χ0v) is 10.8. The summed E-state index contributed by atoms with van der Waals surface area (Å²) in [6, 6.07) is 5.85. The first-order valence-electron chi connectivity index (χ1n) is 4.73. The minimum atomic E-state index is -4.64. The molecule has 0 aliphatic carbocycles. The van der Waals surface area contributed by atoms with Crippen LogP contribution in [0.4, 0.5) is 13.2 Å². The van der Waals surface area contributed by atoms with E-state index >= 15 is 0 Å². The third-order valence-corrected chi connectivity index (χ3v) is 2.18. The fourth-order valence-corrected chi connectivity index (χ4v) is 1.10. The molecule has 1 rings (SSSR count). The fraction of sp³-hybridized carbons (Fsp3) is 0.300. The molecular formula is C10H11F3NO4S-. The number of aryl methyl sites for hydroxylation is 1. The van der Waals surface area contributed by atoms with Crippen LogP contribution in [0.15, 0.2) is 29.4 Å². The Labute approximate surface area is 110 Å². The highest BCUT2D eigenvalue weighted by Gasteiger charge is 2.38. The van der Waals surface area contributed by atoms with E-state index in [1.165, 1.54) is 25.1 Å². The number of hydrogen-bond donors (Lipinski definition) is 1. The Kier molecular flexibility index (Phi) is 7.27. The summed E-state index contributed by atoms with van der Waals surface area (Å²) in [5.74, 6) is 0. The van der Waals surface area contributed by atoms with Crippen molar-refractivity contribution < 1.29 is 31.3 Å². The minimum absolute atomic E-state index is 0.109. The van der Waals surface area contributed by atoms with Gasteiger partial charge >= 0.3 is 6.18 Å². The van der Waals surface area contributed by atoms with Gasteiger partial charge in [0.1, 0.15) is 0 Å². The van der Waals surface area contributed by atoms with Gasteiger partial charge in [0.2, 0.25) is 0 Å². The second-order valence-corrected chi connectivity index (χ2v) is 3.87. The molecule has 1 N–H and O–H groups in total. The maximum Gasteiger partial charge on any atom is 0.437 e. The molecule has 0 fully saturated rings. The van der Waals surface area contributed by atoms with Gasteiger partial charge in [-0.05, 0) is 12.5 Å². The highest BCUT2D eigenvalue weighted by molar-refractivity contribution is 7.74. The van der Waals surface area contributed by atoms with Crippen molar-refractivity contribution in [3.63, 3.8) is 0 Å². The molecule has 1 atom stereocenters. The van der Waals surface area contributed by atoms with E-state index in [9.17, 15) is 13.2 Å². The van der Waals surface area contributed by atoms with Gasteiger partial charge in [-0.2, -0.15) is 13.2 Å². The molecule has 0 bridgehead atoms. The normalized spacial score (nSPS) is 13.5. The van der Waals surface area contributed by atoms with Crippen LogP contribution in [0.5, 0.6) is 0 Å². The molecule has 1 aromatic carbocycles. The van der Waals surface area contributed by atoms with Crippen molar-refractivity contribution in [3.8, 4) is 0 Å². The zero-order chi connectivity index (χ0) is 15.1. The molecule has 0 aliphatic rings. The van der Waals surface area contributed by atoms with Gasteiger partial charge in [-0.3, -0.25) is 0 Å². The van der Waals surface area contributed by atoms with Crippen LogP contribution in [0.25, 0.3) is 0 Å². The lowest BCUT2D eigenvalue weighted by Crippen LogP contribution is -2.24. The van der Waals surface area contributed by atoms with E-state index in [1.54, 1.807) is 6.07 Å². The maximum absolute atomic E-state index is 12.3. The lowest BCUT2D eigenvalue weighted by molar-refractivity contribution is -0.0601. The van der Waals surface area contributed by atoms with Crippen molar-refractivity contribution in [2.45, 2.75) is 13.1 Å². The lowest BCUT2D eigenvalue weighted by Gasteiger charge is -2.10. The van der Waals surface area contributed by atoms with Crippen molar-refractivity contribution >= 4 is 17.1 Å². The number of hydrogen-bond acceptors (Lipinski definition) is 5. The van der Waals surface area contributed by atoms with Crippen molar-refractivity contribution in [3.05, 3.63) is 35.4 Å². The molecule has 1 unspecified atom stereocenters. The molecule has 0 aliphatic heterocycles. The van der Waals surface area contributed by atoms with E-state index in [2.05, 4.69) is 9.34 Å². The first kappa shape index (κ1) is 17.6. The Hall–Kier alpha value is -1.45. The molecule has 0 saturated carbocycles. The summed E-state index contributed by atoms with van der Waals surface area (Å²) in [4.78, 5) is 0. The summed E-state index contributed by atoms with van der Waals surface area (Å²) in [7, 11) is 1.09. The lowest BCUT2D eigenvalue weighted by atomic mass is 10.0. The second-order valence-electron chi connectivity index (χ2n) is 3.13. The molecule has 0 amide bonds. The summed E-state index contributed by atoms with van der Waals surface area (Å²) < 4.78 is 58.8. The molecule has 0 radical (unpaired) electrons. The number of oxime groups is 1. The number of benzene rings is 1.